The van der Waals surface area contributed by atoms with Gasteiger partial charge in [0.2, 0.25) is 0 Å². The molecular formula is C17H11BrN2. The fourth-order valence-corrected chi connectivity index (χ4v) is 3.10. The summed E-state index contributed by atoms with van der Waals surface area (Å²) in [6, 6.07) is 18.6. The molecule has 4 aromatic rings. The van der Waals surface area contributed by atoms with E-state index in [1.165, 1.54) is 10.8 Å². The van der Waals surface area contributed by atoms with Gasteiger partial charge in [-0.25, -0.2) is 0 Å². The normalized spacial score (nSPS) is 11.2. The molecule has 0 unspecified atom stereocenters. The summed E-state index contributed by atoms with van der Waals surface area (Å²) >= 11 is 3.61. The average Bonchev–Trinajstić information content (AvgIpc) is 2.86. The number of hydrogen-bond acceptors (Lipinski definition) is 1. The van der Waals surface area contributed by atoms with Gasteiger partial charge in [-0.05, 0) is 18.2 Å². The van der Waals surface area contributed by atoms with Crippen molar-refractivity contribution in [1.29, 1.82) is 0 Å². The molecule has 0 radical (unpaired) electrons. The minimum absolute atomic E-state index is 0.978. The second kappa shape index (κ2) is 4.46. The zero-order valence-corrected chi connectivity index (χ0v) is 12.2. The van der Waals surface area contributed by atoms with Crippen LogP contribution in [0.2, 0.25) is 0 Å². The standard InChI is InChI=1S/C17H11BrN2/c18-14-7-3-1-6-13(14)16-17-12(9-10-19-16)11-5-2-4-8-15(11)20-17/h1-10,20H. The van der Waals surface area contributed by atoms with E-state index in [2.05, 4.69) is 56.2 Å². The molecule has 2 aromatic heterocycles. The summed E-state index contributed by atoms with van der Waals surface area (Å²) in [5.74, 6) is 0. The molecule has 2 heterocycles. The number of rotatable bonds is 1. The highest BCUT2D eigenvalue weighted by atomic mass is 79.9. The van der Waals surface area contributed by atoms with Crippen LogP contribution in [0.15, 0.2) is 65.3 Å². The van der Waals surface area contributed by atoms with E-state index >= 15 is 0 Å². The van der Waals surface area contributed by atoms with Gasteiger partial charge in [0.1, 0.15) is 0 Å². The van der Waals surface area contributed by atoms with Crippen LogP contribution in [0.1, 0.15) is 0 Å². The molecule has 0 spiro atoms. The molecule has 0 saturated carbocycles. The third-order valence-corrected chi connectivity index (χ3v) is 4.25. The van der Waals surface area contributed by atoms with Crippen molar-refractivity contribution in [1.82, 2.24) is 9.97 Å². The number of benzene rings is 2. The Hall–Kier alpha value is -2.13. The van der Waals surface area contributed by atoms with Crippen molar-refractivity contribution in [2.45, 2.75) is 0 Å². The third kappa shape index (κ3) is 1.67. The van der Waals surface area contributed by atoms with Crippen molar-refractivity contribution in [3.8, 4) is 11.3 Å². The van der Waals surface area contributed by atoms with E-state index in [-0.39, 0.29) is 0 Å². The number of aromatic amines is 1. The lowest BCUT2D eigenvalue weighted by Crippen LogP contribution is -1.86. The second-order valence-electron chi connectivity index (χ2n) is 4.73. The summed E-state index contributed by atoms with van der Waals surface area (Å²) < 4.78 is 1.05. The molecule has 0 aliphatic heterocycles. The first-order valence-electron chi connectivity index (χ1n) is 6.45. The van der Waals surface area contributed by atoms with E-state index in [9.17, 15) is 0 Å². The quantitative estimate of drug-likeness (QED) is 0.516. The molecule has 4 rings (SSSR count). The first-order chi connectivity index (χ1) is 9.84. The van der Waals surface area contributed by atoms with Crippen LogP contribution in [-0.4, -0.2) is 9.97 Å². The van der Waals surface area contributed by atoms with Crippen molar-refractivity contribution in [3.05, 3.63) is 65.3 Å². The first-order valence-corrected chi connectivity index (χ1v) is 7.24. The van der Waals surface area contributed by atoms with Crippen LogP contribution in [0.3, 0.4) is 0 Å². The fourth-order valence-electron chi connectivity index (χ4n) is 2.63. The Labute approximate surface area is 124 Å². The van der Waals surface area contributed by atoms with Crippen molar-refractivity contribution in [2.75, 3.05) is 0 Å². The Morgan fingerprint density at radius 2 is 1.65 bits per heavy atom. The summed E-state index contributed by atoms with van der Waals surface area (Å²) in [5.41, 5.74) is 4.31. The summed E-state index contributed by atoms with van der Waals surface area (Å²) in [6.07, 6.45) is 1.87. The van der Waals surface area contributed by atoms with Crippen LogP contribution in [0, 0.1) is 0 Å². The molecule has 96 valence electrons. The maximum atomic E-state index is 4.57. The molecule has 0 aliphatic carbocycles. The van der Waals surface area contributed by atoms with E-state index < -0.39 is 0 Å². The summed E-state index contributed by atoms with van der Waals surface area (Å²) in [4.78, 5) is 8.06. The molecule has 2 nitrogen and oxygen atoms in total. The molecule has 1 N–H and O–H groups in total. The number of para-hydroxylation sites is 1. The molecule has 0 atom stereocenters. The van der Waals surface area contributed by atoms with Crippen LogP contribution in [-0.2, 0) is 0 Å². The lowest BCUT2D eigenvalue weighted by molar-refractivity contribution is 1.34. The molecular weight excluding hydrogens is 312 g/mol. The largest absolute Gasteiger partial charge is 0.353 e. The lowest BCUT2D eigenvalue weighted by Gasteiger charge is -2.04. The molecule has 20 heavy (non-hydrogen) atoms. The number of halogens is 1. The maximum Gasteiger partial charge on any atom is 0.0954 e. The van der Waals surface area contributed by atoms with Crippen LogP contribution in [0.4, 0.5) is 0 Å². The zero-order chi connectivity index (χ0) is 13.5. The molecule has 3 heteroatoms. The Morgan fingerprint density at radius 1 is 0.850 bits per heavy atom. The number of hydrogen-bond donors (Lipinski definition) is 1. The molecule has 0 saturated heterocycles. The zero-order valence-electron chi connectivity index (χ0n) is 10.6. The van der Waals surface area contributed by atoms with Crippen LogP contribution < -0.4 is 0 Å². The van der Waals surface area contributed by atoms with Gasteiger partial charge in [0.25, 0.3) is 0 Å². The highest BCUT2D eigenvalue weighted by molar-refractivity contribution is 9.10. The number of aromatic nitrogens is 2. The first kappa shape index (κ1) is 11.7. The van der Waals surface area contributed by atoms with E-state index in [1.54, 1.807) is 0 Å². The minimum atomic E-state index is 0.978. The Balaban J connectivity index is 2.13. The Kier molecular flexibility index (Phi) is 2.60. The fraction of sp³-hybridized carbons (Fsp3) is 0. The third-order valence-electron chi connectivity index (χ3n) is 3.56. The van der Waals surface area contributed by atoms with Gasteiger partial charge >= 0.3 is 0 Å². The van der Waals surface area contributed by atoms with E-state index in [4.69, 9.17) is 0 Å². The molecule has 0 amide bonds. The van der Waals surface area contributed by atoms with Crippen molar-refractivity contribution in [2.24, 2.45) is 0 Å². The topological polar surface area (TPSA) is 28.7 Å². The Bertz CT molecular complexity index is 924. The van der Waals surface area contributed by atoms with Crippen LogP contribution in [0.5, 0.6) is 0 Å². The predicted octanol–water partition coefficient (Wildman–Crippen LogP) is 5.15. The minimum Gasteiger partial charge on any atom is -0.353 e. The smallest absolute Gasteiger partial charge is 0.0954 e. The summed E-state index contributed by atoms with van der Waals surface area (Å²) in [6.45, 7) is 0. The van der Waals surface area contributed by atoms with E-state index in [0.717, 1.165) is 26.8 Å². The summed E-state index contributed by atoms with van der Waals surface area (Å²) in [5, 5.41) is 2.44. The van der Waals surface area contributed by atoms with Crippen molar-refractivity contribution in [3.63, 3.8) is 0 Å². The van der Waals surface area contributed by atoms with E-state index in [0.29, 0.717) is 0 Å². The summed E-state index contributed by atoms with van der Waals surface area (Å²) in [7, 11) is 0. The molecule has 0 aliphatic rings. The van der Waals surface area contributed by atoms with Gasteiger partial charge in [0.15, 0.2) is 0 Å². The lowest BCUT2D eigenvalue weighted by atomic mass is 10.1. The van der Waals surface area contributed by atoms with Gasteiger partial charge < -0.3 is 4.98 Å². The molecule has 0 bridgehead atoms. The molecule has 0 fully saturated rings. The number of nitrogens with one attached hydrogen (secondary N) is 1. The highest BCUT2D eigenvalue weighted by Crippen LogP contribution is 2.34. The number of nitrogens with zero attached hydrogens (tertiary/aromatic N) is 1. The van der Waals surface area contributed by atoms with Gasteiger partial charge in [-0.3, -0.25) is 4.98 Å². The van der Waals surface area contributed by atoms with Crippen LogP contribution in [0.25, 0.3) is 33.1 Å². The van der Waals surface area contributed by atoms with Gasteiger partial charge in [0, 0.05) is 32.5 Å². The highest BCUT2D eigenvalue weighted by Gasteiger charge is 2.12. The van der Waals surface area contributed by atoms with Gasteiger partial charge in [0.05, 0.1) is 11.2 Å². The SMILES string of the molecule is Brc1ccccc1-c1nccc2c1[nH]c1ccccc12. The second-order valence-corrected chi connectivity index (χ2v) is 5.59. The van der Waals surface area contributed by atoms with Gasteiger partial charge in [-0.2, -0.15) is 0 Å². The van der Waals surface area contributed by atoms with Gasteiger partial charge in [-0.15, -0.1) is 0 Å². The Morgan fingerprint density at radius 3 is 2.55 bits per heavy atom. The monoisotopic (exact) mass is 322 g/mol. The van der Waals surface area contributed by atoms with Crippen molar-refractivity contribution >= 4 is 37.7 Å². The molecule has 2 aromatic carbocycles. The predicted molar refractivity (Wildman–Crippen MR) is 86.7 cm³/mol. The van der Waals surface area contributed by atoms with Crippen LogP contribution >= 0.6 is 15.9 Å². The van der Waals surface area contributed by atoms with Crippen molar-refractivity contribution < 1.29 is 0 Å². The number of fused-ring (bicyclic) bond motifs is 3. The van der Waals surface area contributed by atoms with Gasteiger partial charge in [-0.1, -0.05) is 52.3 Å². The van der Waals surface area contributed by atoms with E-state index in [1.807, 2.05) is 30.5 Å². The number of H-pyrrole nitrogens is 1. The average molecular weight is 323 g/mol. The number of pyridine rings is 1. The maximum absolute atomic E-state index is 4.57.